The average molecular weight is 284 g/mol. The zero-order valence-corrected chi connectivity index (χ0v) is 11.9. The Morgan fingerprint density at radius 1 is 1.21 bits per heavy atom. The maximum absolute atomic E-state index is 10.1. The number of nitrogens with one attached hydrogen (secondary N) is 1. The number of hydrogen-bond donors (Lipinski definition) is 3. The maximum atomic E-state index is 10.1. The molecule has 4 heteroatoms. The van der Waals surface area contributed by atoms with E-state index in [4.69, 9.17) is 11.6 Å². The van der Waals surface area contributed by atoms with Gasteiger partial charge >= 0.3 is 0 Å². The molecule has 1 unspecified atom stereocenters. The molecule has 1 aromatic carbocycles. The molecule has 1 atom stereocenters. The van der Waals surface area contributed by atoms with Crippen molar-refractivity contribution >= 4 is 11.6 Å². The first-order chi connectivity index (χ1) is 9.15. The Labute approximate surface area is 119 Å². The standard InChI is InChI=1S/C15H22ClNO2/c16-13-5-3-12(4-6-13)14(19)9-17-10-15(11-18)7-1-2-8-15/h3-6,14,17-19H,1-2,7-11H2. The van der Waals surface area contributed by atoms with Gasteiger partial charge in [0.15, 0.2) is 0 Å². The second kappa shape index (κ2) is 6.71. The van der Waals surface area contributed by atoms with Gasteiger partial charge in [0.25, 0.3) is 0 Å². The zero-order valence-electron chi connectivity index (χ0n) is 11.1. The van der Waals surface area contributed by atoms with Gasteiger partial charge in [0.2, 0.25) is 0 Å². The van der Waals surface area contributed by atoms with E-state index in [2.05, 4.69) is 5.32 Å². The Balaban J connectivity index is 1.80. The van der Waals surface area contributed by atoms with Crippen LogP contribution in [0.2, 0.25) is 5.02 Å². The van der Waals surface area contributed by atoms with Crippen LogP contribution in [0.5, 0.6) is 0 Å². The Bertz CT molecular complexity index is 388. The number of halogens is 1. The van der Waals surface area contributed by atoms with E-state index in [1.807, 2.05) is 12.1 Å². The van der Waals surface area contributed by atoms with Crippen molar-refractivity contribution in [2.75, 3.05) is 19.7 Å². The van der Waals surface area contributed by atoms with E-state index in [0.29, 0.717) is 11.6 Å². The fourth-order valence-electron chi connectivity index (χ4n) is 2.79. The molecule has 19 heavy (non-hydrogen) atoms. The number of aliphatic hydroxyl groups is 2. The van der Waals surface area contributed by atoms with Crippen LogP contribution >= 0.6 is 11.6 Å². The van der Waals surface area contributed by atoms with Crippen molar-refractivity contribution in [2.45, 2.75) is 31.8 Å². The first-order valence-corrected chi connectivity index (χ1v) is 7.28. The molecule has 0 aliphatic heterocycles. The monoisotopic (exact) mass is 283 g/mol. The van der Waals surface area contributed by atoms with E-state index in [9.17, 15) is 10.2 Å². The molecule has 106 valence electrons. The molecule has 1 saturated carbocycles. The predicted octanol–water partition coefficient (Wildman–Crippen LogP) is 2.52. The lowest BCUT2D eigenvalue weighted by Gasteiger charge is -2.27. The van der Waals surface area contributed by atoms with Crippen LogP contribution in [-0.2, 0) is 0 Å². The second-order valence-electron chi connectivity index (χ2n) is 5.56. The zero-order chi connectivity index (χ0) is 13.7. The van der Waals surface area contributed by atoms with E-state index in [1.54, 1.807) is 12.1 Å². The summed E-state index contributed by atoms with van der Waals surface area (Å²) in [6, 6.07) is 7.25. The fraction of sp³-hybridized carbons (Fsp3) is 0.600. The van der Waals surface area contributed by atoms with Gasteiger partial charge in [-0.25, -0.2) is 0 Å². The third-order valence-electron chi connectivity index (χ3n) is 4.09. The quantitative estimate of drug-likeness (QED) is 0.752. The average Bonchev–Trinajstić information content (AvgIpc) is 2.89. The van der Waals surface area contributed by atoms with Crippen LogP contribution in [0.25, 0.3) is 0 Å². The van der Waals surface area contributed by atoms with Gasteiger partial charge in [0, 0.05) is 30.1 Å². The molecule has 0 radical (unpaired) electrons. The minimum absolute atomic E-state index is 0.0275. The molecule has 0 heterocycles. The van der Waals surface area contributed by atoms with Crippen molar-refractivity contribution in [1.29, 1.82) is 0 Å². The molecular formula is C15H22ClNO2. The Kier molecular flexibility index (Phi) is 5.22. The number of hydrogen-bond acceptors (Lipinski definition) is 3. The lowest BCUT2D eigenvalue weighted by atomic mass is 9.87. The number of rotatable bonds is 6. The highest BCUT2D eigenvalue weighted by atomic mass is 35.5. The van der Waals surface area contributed by atoms with E-state index in [1.165, 1.54) is 12.8 Å². The van der Waals surface area contributed by atoms with E-state index in [0.717, 1.165) is 24.9 Å². The van der Waals surface area contributed by atoms with Crippen LogP contribution in [0.3, 0.4) is 0 Å². The summed E-state index contributed by atoms with van der Waals surface area (Å²) in [4.78, 5) is 0. The molecule has 0 bridgehead atoms. The summed E-state index contributed by atoms with van der Waals surface area (Å²) in [5, 5.41) is 23.6. The summed E-state index contributed by atoms with van der Waals surface area (Å²) in [5.41, 5.74) is 0.890. The maximum Gasteiger partial charge on any atom is 0.0914 e. The Hall–Kier alpha value is -0.610. The van der Waals surface area contributed by atoms with Crippen molar-refractivity contribution in [3.8, 4) is 0 Å². The molecule has 1 fully saturated rings. The number of aliphatic hydroxyl groups excluding tert-OH is 2. The summed E-state index contributed by atoms with van der Waals surface area (Å²) in [6.07, 6.45) is 4.01. The Morgan fingerprint density at radius 3 is 2.42 bits per heavy atom. The molecular weight excluding hydrogens is 262 g/mol. The number of benzene rings is 1. The molecule has 1 aromatic rings. The molecule has 0 spiro atoms. The highest BCUT2D eigenvalue weighted by Gasteiger charge is 2.32. The van der Waals surface area contributed by atoms with Crippen molar-refractivity contribution in [3.05, 3.63) is 34.9 Å². The fourth-order valence-corrected chi connectivity index (χ4v) is 2.92. The van der Waals surface area contributed by atoms with Crippen LogP contribution in [0.15, 0.2) is 24.3 Å². The van der Waals surface area contributed by atoms with Gasteiger partial charge in [-0.2, -0.15) is 0 Å². The van der Waals surface area contributed by atoms with Crippen LogP contribution in [0.1, 0.15) is 37.4 Å². The first-order valence-electron chi connectivity index (χ1n) is 6.90. The van der Waals surface area contributed by atoms with Gasteiger partial charge in [0.1, 0.15) is 0 Å². The summed E-state index contributed by atoms with van der Waals surface area (Å²) < 4.78 is 0. The van der Waals surface area contributed by atoms with Crippen LogP contribution in [0.4, 0.5) is 0 Å². The summed E-state index contributed by atoms with van der Waals surface area (Å²) in [7, 11) is 0. The second-order valence-corrected chi connectivity index (χ2v) is 6.00. The van der Waals surface area contributed by atoms with E-state index in [-0.39, 0.29) is 12.0 Å². The van der Waals surface area contributed by atoms with Gasteiger partial charge in [-0.1, -0.05) is 36.6 Å². The normalized spacial score (nSPS) is 19.5. The van der Waals surface area contributed by atoms with Crippen molar-refractivity contribution in [2.24, 2.45) is 5.41 Å². The Morgan fingerprint density at radius 2 is 1.84 bits per heavy atom. The molecule has 3 N–H and O–H groups in total. The van der Waals surface area contributed by atoms with Crippen LogP contribution in [-0.4, -0.2) is 29.9 Å². The summed E-state index contributed by atoms with van der Waals surface area (Å²) >= 11 is 5.82. The minimum Gasteiger partial charge on any atom is -0.396 e. The van der Waals surface area contributed by atoms with Crippen molar-refractivity contribution in [1.82, 2.24) is 5.32 Å². The predicted molar refractivity (Wildman–Crippen MR) is 77.3 cm³/mol. The third-order valence-corrected chi connectivity index (χ3v) is 4.34. The SMILES string of the molecule is OCC1(CNCC(O)c2ccc(Cl)cc2)CCCC1. The molecule has 1 aliphatic rings. The summed E-state index contributed by atoms with van der Waals surface area (Å²) in [5.74, 6) is 0. The van der Waals surface area contributed by atoms with Gasteiger partial charge in [-0.3, -0.25) is 0 Å². The molecule has 2 rings (SSSR count). The van der Waals surface area contributed by atoms with Gasteiger partial charge in [-0.15, -0.1) is 0 Å². The van der Waals surface area contributed by atoms with Crippen LogP contribution < -0.4 is 5.32 Å². The topological polar surface area (TPSA) is 52.5 Å². The molecule has 1 aliphatic carbocycles. The first kappa shape index (κ1) is 14.8. The molecule has 0 aromatic heterocycles. The lowest BCUT2D eigenvalue weighted by molar-refractivity contribution is 0.117. The lowest BCUT2D eigenvalue weighted by Crippen LogP contribution is -2.37. The van der Waals surface area contributed by atoms with Gasteiger partial charge in [0.05, 0.1) is 6.10 Å². The van der Waals surface area contributed by atoms with Crippen LogP contribution in [0, 0.1) is 5.41 Å². The van der Waals surface area contributed by atoms with Gasteiger partial charge in [-0.05, 0) is 30.5 Å². The third kappa shape index (κ3) is 3.93. The van der Waals surface area contributed by atoms with E-state index >= 15 is 0 Å². The molecule has 0 saturated heterocycles. The highest BCUT2D eigenvalue weighted by Crippen LogP contribution is 2.36. The molecule has 0 amide bonds. The summed E-state index contributed by atoms with van der Waals surface area (Å²) in [6.45, 7) is 1.51. The van der Waals surface area contributed by atoms with Crippen molar-refractivity contribution < 1.29 is 10.2 Å². The van der Waals surface area contributed by atoms with Crippen molar-refractivity contribution in [3.63, 3.8) is 0 Å². The smallest absolute Gasteiger partial charge is 0.0914 e. The highest BCUT2D eigenvalue weighted by molar-refractivity contribution is 6.30. The molecule has 3 nitrogen and oxygen atoms in total. The minimum atomic E-state index is -0.533. The largest absolute Gasteiger partial charge is 0.396 e. The van der Waals surface area contributed by atoms with E-state index < -0.39 is 6.10 Å². The van der Waals surface area contributed by atoms with Gasteiger partial charge < -0.3 is 15.5 Å².